The van der Waals surface area contributed by atoms with Gasteiger partial charge in [-0.1, -0.05) is 30.3 Å². The molecule has 0 aliphatic heterocycles. The first-order chi connectivity index (χ1) is 11.8. The van der Waals surface area contributed by atoms with Crippen LogP contribution >= 0.6 is 0 Å². The molecule has 0 fully saturated rings. The van der Waals surface area contributed by atoms with Crippen molar-refractivity contribution in [2.75, 3.05) is 13.2 Å². The number of aliphatic hydroxyl groups is 1. The number of benzene rings is 1. The Kier molecular flexibility index (Phi) is 6.64. The molecule has 0 bridgehead atoms. The number of ether oxygens (including phenoxy) is 2. The molecule has 0 heterocycles. The second-order valence-corrected chi connectivity index (χ2v) is 5.14. The van der Waals surface area contributed by atoms with Crippen LogP contribution in [0.25, 0.3) is 0 Å². The smallest absolute Gasteiger partial charge is 0.437 e. The fraction of sp³-hybridized carbons (Fsp3) is 0.467. The van der Waals surface area contributed by atoms with Crippen LogP contribution < -0.4 is 0 Å². The predicted octanol–water partition coefficient (Wildman–Crippen LogP) is 2.73. The minimum Gasteiger partial charge on any atom is -0.462 e. The Bertz CT molecular complexity index is 612. The zero-order chi connectivity index (χ0) is 20.2. The maximum atomic E-state index is 12.4. The third kappa shape index (κ3) is 4.65. The summed E-state index contributed by atoms with van der Waals surface area (Å²) >= 11 is 0. The minimum atomic E-state index is -6.33. The lowest BCUT2D eigenvalue weighted by molar-refractivity contribution is -0.357. The van der Waals surface area contributed by atoms with Gasteiger partial charge in [0, 0.05) is 0 Å². The summed E-state index contributed by atoms with van der Waals surface area (Å²) in [4.78, 5) is 22.8. The Balaban J connectivity index is 2.59. The van der Waals surface area contributed by atoms with Gasteiger partial charge in [-0.25, -0.2) is 4.79 Å². The van der Waals surface area contributed by atoms with Gasteiger partial charge in [0.2, 0.25) is 0 Å². The van der Waals surface area contributed by atoms with Crippen LogP contribution in [-0.4, -0.2) is 48.2 Å². The van der Waals surface area contributed by atoms with Crippen LogP contribution in [0.1, 0.15) is 18.4 Å². The Morgan fingerprint density at radius 1 is 0.962 bits per heavy atom. The Morgan fingerprint density at radius 3 is 1.88 bits per heavy atom. The number of hydrogen-bond donors (Lipinski definition) is 1. The van der Waals surface area contributed by atoms with Crippen molar-refractivity contribution in [3.63, 3.8) is 0 Å². The lowest BCUT2D eigenvalue weighted by atomic mass is 10.0. The highest BCUT2D eigenvalue weighted by Crippen LogP contribution is 2.43. The summed E-state index contributed by atoms with van der Waals surface area (Å²) in [6, 6.07) is 8.22. The van der Waals surface area contributed by atoms with Gasteiger partial charge < -0.3 is 14.6 Å². The van der Waals surface area contributed by atoms with Gasteiger partial charge in [-0.3, -0.25) is 4.79 Å². The molecular formula is C15H14F6O5. The molecular weight excluding hydrogens is 374 g/mol. The van der Waals surface area contributed by atoms with Crippen molar-refractivity contribution < 1.29 is 50.5 Å². The monoisotopic (exact) mass is 388 g/mol. The van der Waals surface area contributed by atoms with Crippen LogP contribution in [0.2, 0.25) is 0 Å². The molecule has 1 rings (SSSR count). The van der Waals surface area contributed by atoms with E-state index in [0.717, 1.165) is 0 Å². The van der Waals surface area contributed by atoms with Gasteiger partial charge >= 0.3 is 29.9 Å². The molecule has 0 aliphatic carbocycles. The van der Waals surface area contributed by atoms with E-state index in [1.807, 2.05) is 0 Å². The highest BCUT2D eigenvalue weighted by atomic mass is 19.4. The summed E-state index contributed by atoms with van der Waals surface area (Å²) in [6.07, 6.45) is -12.7. The molecule has 0 saturated heterocycles. The van der Waals surface area contributed by atoms with Crippen LogP contribution in [0.15, 0.2) is 30.3 Å². The molecule has 0 radical (unpaired) electrons. The number of carbonyl (C=O) groups excluding carboxylic acids is 2. The van der Waals surface area contributed by atoms with E-state index in [1.54, 1.807) is 30.3 Å². The van der Waals surface area contributed by atoms with Crippen LogP contribution in [0.5, 0.6) is 0 Å². The quantitative estimate of drug-likeness (QED) is 0.461. The molecule has 1 aromatic rings. The van der Waals surface area contributed by atoms with E-state index in [4.69, 9.17) is 5.11 Å². The second-order valence-electron chi connectivity index (χ2n) is 5.14. The second kappa shape index (κ2) is 7.94. The van der Waals surface area contributed by atoms with Crippen molar-refractivity contribution in [3.05, 3.63) is 35.9 Å². The van der Waals surface area contributed by atoms with E-state index >= 15 is 0 Å². The van der Waals surface area contributed by atoms with Gasteiger partial charge in [0.05, 0.1) is 5.92 Å². The average Bonchev–Trinajstić information content (AvgIpc) is 2.55. The SMILES string of the molecule is CC(C(=O)OCCOC(=O)C(O)(C(F)(F)F)C(F)(F)F)c1ccccc1. The molecule has 5 nitrogen and oxygen atoms in total. The van der Waals surface area contributed by atoms with Crippen LogP contribution in [-0.2, 0) is 19.1 Å². The molecule has 11 heteroatoms. The van der Waals surface area contributed by atoms with Crippen LogP contribution in [0.3, 0.4) is 0 Å². The largest absolute Gasteiger partial charge is 0.462 e. The zero-order valence-electron chi connectivity index (χ0n) is 13.2. The van der Waals surface area contributed by atoms with Crippen molar-refractivity contribution in [1.29, 1.82) is 0 Å². The van der Waals surface area contributed by atoms with Crippen molar-refractivity contribution in [2.24, 2.45) is 0 Å². The fourth-order valence-electron chi connectivity index (χ4n) is 1.78. The predicted molar refractivity (Wildman–Crippen MR) is 73.8 cm³/mol. The van der Waals surface area contributed by atoms with Crippen molar-refractivity contribution in [2.45, 2.75) is 30.8 Å². The first kappa shape index (κ1) is 21.7. The topological polar surface area (TPSA) is 72.8 Å². The van der Waals surface area contributed by atoms with Crippen molar-refractivity contribution >= 4 is 11.9 Å². The number of rotatable bonds is 6. The number of esters is 2. The van der Waals surface area contributed by atoms with Gasteiger partial charge in [0.1, 0.15) is 13.2 Å². The summed E-state index contributed by atoms with van der Waals surface area (Å²) in [7, 11) is 0. The number of carbonyl (C=O) groups is 2. The van der Waals surface area contributed by atoms with E-state index in [9.17, 15) is 35.9 Å². The molecule has 0 saturated carbocycles. The molecule has 0 aliphatic rings. The lowest BCUT2D eigenvalue weighted by Crippen LogP contribution is -2.63. The summed E-state index contributed by atoms with van der Waals surface area (Å²) in [5.41, 5.74) is -5.10. The summed E-state index contributed by atoms with van der Waals surface area (Å²) in [5.74, 6) is -4.53. The molecule has 1 aromatic carbocycles. The number of alkyl halides is 6. The average molecular weight is 388 g/mol. The van der Waals surface area contributed by atoms with E-state index in [1.165, 1.54) is 6.92 Å². The molecule has 1 unspecified atom stereocenters. The number of halogens is 6. The maximum Gasteiger partial charge on any atom is 0.437 e. The molecule has 1 atom stereocenters. The Hall–Kier alpha value is -2.30. The van der Waals surface area contributed by atoms with Gasteiger partial charge in [0.25, 0.3) is 0 Å². The Morgan fingerprint density at radius 2 is 1.42 bits per heavy atom. The molecule has 146 valence electrons. The van der Waals surface area contributed by atoms with Crippen LogP contribution in [0, 0.1) is 0 Å². The van der Waals surface area contributed by atoms with Crippen molar-refractivity contribution in [1.82, 2.24) is 0 Å². The molecule has 0 amide bonds. The standard InChI is InChI=1S/C15H14F6O5/c1-9(10-5-3-2-4-6-10)11(22)25-7-8-26-12(23)13(24,14(16,17)18)15(19,20)21/h2-6,9,24H,7-8H2,1H3. The molecule has 26 heavy (non-hydrogen) atoms. The van der Waals surface area contributed by atoms with Crippen molar-refractivity contribution in [3.8, 4) is 0 Å². The highest BCUT2D eigenvalue weighted by molar-refractivity contribution is 5.81. The lowest BCUT2D eigenvalue weighted by Gasteiger charge is -2.29. The fourth-order valence-corrected chi connectivity index (χ4v) is 1.78. The molecule has 1 N–H and O–H groups in total. The highest BCUT2D eigenvalue weighted by Gasteiger charge is 2.76. The number of hydrogen-bond acceptors (Lipinski definition) is 5. The Labute approximate surface area is 143 Å². The summed E-state index contributed by atoms with van der Waals surface area (Å²) < 4.78 is 83.0. The van der Waals surface area contributed by atoms with E-state index in [-0.39, 0.29) is 0 Å². The summed E-state index contributed by atoms with van der Waals surface area (Å²) in [5, 5.41) is 8.77. The van der Waals surface area contributed by atoms with E-state index in [2.05, 4.69) is 9.47 Å². The minimum absolute atomic E-state index is 0.568. The first-order valence-electron chi connectivity index (χ1n) is 7.07. The normalized spacial score (nSPS) is 13.8. The summed E-state index contributed by atoms with van der Waals surface area (Å²) in [6.45, 7) is -0.413. The molecule has 0 aromatic heterocycles. The van der Waals surface area contributed by atoms with E-state index in [0.29, 0.717) is 5.56 Å². The zero-order valence-corrected chi connectivity index (χ0v) is 13.2. The third-order valence-electron chi connectivity index (χ3n) is 3.33. The van der Waals surface area contributed by atoms with Gasteiger partial charge in [-0.15, -0.1) is 0 Å². The van der Waals surface area contributed by atoms with E-state index < -0.39 is 49.0 Å². The van der Waals surface area contributed by atoms with Gasteiger partial charge in [0.15, 0.2) is 0 Å². The molecule has 0 spiro atoms. The third-order valence-corrected chi connectivity index (χ3v) is 3.33. The van der Waals surface area contributed by atoms with Gasteiger partial charge in [-0.05, 0) is 12.5 Å². The van der Waals surface area contributed by atoms with Gasteiger partial charge in [-0.2, -0.15) is 26.3 Å². The van der Waals surface area contributed by atoms with Crippen LogP contribution in [0.4, 0.5) is 26.3 Å². The maximum absolute atomic E-state index is 12.4. The first-order valence-corrected chi connectivity index (χ1v) is 7.07.